The maximum atomic E-state index is 13.9. The van der Waals surface area contributed by atoms with Crippen LogP contribution in [0.1, 0.15) is 102 Å². The summed E-state index contributed by atoms with van der Waals surface area (Å²) in [5.74, 6) is 3.83. The van der Waals surface area contributed by atoms with Crippen LogP contribution in [0.4, 0.5) is 13.2 Å². The number of nitrogens with one attached hydrogen (secondary N) is 2. The van der Waals surface area contributed by atoms with Gasteiger partial charge in [0, 0.05) is 24.4 Å². The molecule has 0 unspecified atom stereocenters. The second kappa shape index (κ2) is 11.5. The van der Waals surface area contributed by atoms with E-state index in [0.717, 1.165) is 38.1 Å². The van der Waals surface area contributed by atoms with Gasteiger partial charge in [0.05, 0.1) is 10.9 Å². The van der Waals surface area contributed by atoms with Crippen molar-refractivity contribution >= 4 is 22.7 Å². The summed E-state index contributed by atoms with van der Waals surface area (Å²) in [7, 11) is 0. The van der Waals surface area contributed by atoms with Gasteiger partial charge in [0.15, 0.2) is 0 Å². The third-order valence-corrected chi connectivity index (χ3v) is 10.3. The number of carbonyl (C=O) groups is 2. The zero-order valence-electron chi connectivity index (χ0n) is 24.5. The molecule has 2 aliphatic carbocycles. The van der Waals surface area contributed by atoms with Gasteiger partial charge < -0.3 is 5.32 Å². The van der Waals surface area contributed by atoms with Gasteiger partial charge in [0.1, 0.15) is 6.04 Å². The Labute approximate surface area is 244 Å². The van der Waals surface area contributed by atoms with Crippen molar-refractivity contribution in [1.29, 1.82) is 0 Å². The predicted octanol–water partition coefficient (Wildman–Crippen LogP) is 5.50. The van der Waals surface area contributed by atoms with E-state index in [1.165, 1.54) is 31.4 Å². The molecule has 2 amide bonds. The highest BCUT2D eigenvalue weighted by molar-refractivity contribution is 5.99. The molecule has 0 spiro atoms. The lowest BCUT2D eigenvalue weighted by Gasteiger charge is -2.39. The topological polar surface area (TPSA) is 93.1 Å². The van der Waals surface area contributed by atoms with E-state index in [1.54, 1.807) is 6.07 Å². The summed E-state index contributed by atoms with van der Waals surface area (Å²) in [4.78, 5) is 41.2. The van der Waals surface area contributed by atoms with Gasteiger partial charge in [-0.3, -0.25) is 24.3 Å². The number of nitrogens with zero attached hydrogens (tertiary/aromatic N) is 2. The Morgan fingerprint density at radius 3 is 2.52 bits per heavy atom. The van der Waals surface area contributed by atoms with Gasteiger partial charge in [-0.05, 0) is 74.0 Å². The van der Waals surface area contributed by atoms with Gasteiger partial charge in [-0.2, -0.15) is 13.2 Å². The fourth-order valence-corrected chi connectivity index (χ4v) is 7.40. The van der Waals surface area contributed by atoms with Gasteiger partial charge in [-0.1, -0.05) is 51.5 Å². The summed E-state index contributed by atoms with van der Waals surface area (Å²) in [6.45, 7) is 8.31. The van der Waals surface area contributed by atoms with Crippen LogP contribution in [0, 0.1) is 28.6 Å². The Morgan fingerprint density at radius 1 is 1.10 bits per heavy atom. The van der Waals surface area contributed by atoms with Crippen molar-refractivity contribution in [2.45, 2.75) is 103 Å². The molecule has 2 heterocycles. The normalized spacial score (nSPS) is 26.8. The van der Waals surface area contributed by atoms with Gasteiger partial charge in [0.2, 0.25) is 17.6 Å². The molecule has 1 aliphatic heterocycles. The van der Waals surface area contributed by atoms with Crippen LogP contribution in [-0.4, -0.2) is 34.0 Å². The van der Waals surface area contributed by atoms with Crippen LogP contribution < -0.4 is 16.2 Å². The molecule has 2 aromatic rings. The molecular weight excluding hydrogens is 545 g/mol. The highest BCUT2D eigenvalue weighted by Crippen LogP contribution is 2.65. The van der Waals surface area contributed by atoms with Crippen LogP contribution in [0.2, 0.25) is 0 Å². The Kier molecular flexibility index (Phi) is 8.27. The molecule has 1 saturated heterocycles. The summed E-state index contributed by atoms with van der Waals surface area (Å²) in [6.07, 6.45) is 3.24. The van der Waals surface area contributed by atoms with E-state index in [2.05, 4.69) is 42.9 Å². The molecule has 2 saturated carbocycles. The highest BCUT2D eigenvalue weighted by atomic mass is 19.4. The third-order valence-electron chi connectivity index (χ3n) is 10.3. The van der Waals surface area contributed by atoms with Gasteiger partial charge in [-0.25, -0.2) is 4.98 Å². The lowest BCUT2D eigenvalue weighted by atomic mass is 9.69. The fraction of sp³-hybridized carbons (Fsp3) is 0.625. The number of carbonyl (C=O) groups excluding carboxylic acids is 2. The number of rotatable bonds is 8. The number of piperidine rings is 1. The number of hydrogen-bond donors (Lipinski definition) is 2. The smallest absolute Gasteiger partial charge is 0.313 e. The van der Waals surface area contributed by atoms with E-state index in [0.29, 0.717) is 27.9 Å². The van der Waals surface area contributed by atoms with Gasteiger partial charge in [0.25, 0.3) is 5.56 Å². The molecule has 7 nitrogen and oxygen atoms in total. The lowest BCUT2D eigenvalue weighted by Crippen LogP contribution is -2.46. The van der Waals surface area contributed by atoms with Crippen LogP contribution >= 0.6 is 0 Å². The van der Waals surface area contributed by atoms with E-state index in [-0.39, 0.29) is 29.3 Å². The molecule has 1 aromatic carbocycles. The molecule has 5 rings (SSSR count). The monoisotopic (exact) mass is 584 g/mol. The molecule has 0 radical (unpaired) electrons. The molecule has 42 heavy (non-hydrogen) atoms. The molecule has 2 N–H and O–H groups in total. The molecule has 3 aliphatic rings. The number of fused-ring (bicyclic) bond motifs is 3. The minimum atomic E-state index is -4.97. The number of imide groups is 1. The summed E-state index contributed by atoms with van der Waals surface area (Å²) in [6, 6.07) is 3.53. The lowest BCUT2D eigenvalue weighted by molar-refractivity contribution is -0.150. The van der Waals surface area contributed by atoms with Crippen molar-refractivity contribution in [2.24, 2.45) is 16.7 Å². The third kappa shape index (κ3) is 5.48. The maximum absolute atomic E-state index is 13.9. The SMILES string of the molecule is CC1(C)[C@@H]2CC[C@@]1(C)[C@@H](NCCCCCCC#Cc1cccc3nc(C(F)(F)F)n([C@H]4CCC(=O)NC4=O)c(=O)c13)C2. The second-order valence-electron chi connectivity index (χ2n) is 12.9. The minimum absolute atomic E-state index is 0.0636. The largest absolute Gasteiger partial charge is 0.449 e. The van der Waals surface area contributed by atoms with Crippen molar-refractivity contribution in [3.05, 3.63) is 39.9 Å². The molecule has 2 bridgehead atoms. The first kappa shape index (κ1) is 30.3. The first-order valence-corrected chi connectivity index (χ1v) is 15.0. The predicted molar refractivity (Wildman–Crippen MR) is 153 cm³/mol. The summed E-state index contributed by atoms with van der Waals surface area (Å²) < 4.78 is 42.1. The molecule has 4 atom stereocenters. The van der Waals surface area contributed by atoms with Crippen LogP contribution in [0.25, 0.3) is 10.9 Å². The van der Waals surface area contributed by atoms with E-state index in [4.69, 9.17) is 0 Å². The summed E-state index contributed by atoms with van der Waals surface area (Å²) in [5.41, 5.74) is -0.0764. The fourth-order valence-electron chi connectivity index (χ4n) is 7.40. The number of amides is 2. The minimum Gasteiger partial charge on any atom is -0.313 e. The Morgan fingerprint density at radius 2 is 1.86 bits per heavy atom. The zero-order valence-corrected chi connectivity index (χ0v) is 24.5. The molecule has 10 heteroatoms. The first-order valence-electron chi connectivity index (χ1n) is 15.0. The van der Waals surface area contributed by atoms with Crippen molar-refractivity contribution < 1.29 is 22.8 Å². The number of unbranched alkanes of at least 4 members (excludes halogenated alkanes) is 4. The average Bonchev–Trinajstić information content (AvgIpc) is 3.25. The molecule has 3 fully saturated rings. The number of alkyl halides is 3. The van der Waals surface area contributed by atoms with Crippen molar-refractivity contribution in [3.63, 3.8) is 0 Å². The Hall–Kier alpha value is -3.19. The summed E-state index contributed by atoms with van der Waals surface area (Å²) in [5, 5.41) is 5.78. The van der Waals surface area contributed by atoms with Crippen molar-refractivity contribution in [2.75, 3.05) is 6.54 Å². The van der Waals surface area contributed by atoms with Crippen molar-refractivity contribution in [3.8, 4) is 11.8 Å². The van der Waals surface area contributed by atoms with E-state index < -0.39 is 35.4 Å². The molecule has 1 aromatic heterocycles. The number of aromatic nitrogens is 2. The van der Waals surface area contributed by atoms with Crippen LogP contribution in [-0.2, 0) is 15.8 Å². The zero-order chi connectivity index (χ0) is 30.3. The van der Waals surface area contributed by atoms with Gasteiger partial charge >= 0.3 is 6.18 Å². The quantitative estimate of drug-likeness (QED) is 0.243. The number of benzene rings is 1. The number of hydrogen-bond acceptors (Lipinski definition) is 5. The number of halogens is 3. The molecule has 226 valence electrons. The summed E-state index contributed by atoms with van der Waals surface area (Å²) >= 11 is 0. The van der Waals surface area contributed by atoms with Crippen LogP contribution in [0.15, 0.2) is 23.0 Å². The Balaban J connectivity index is 1.21. The van der Waals surface area contributed by atoms with Crippen LogP contribution in [0.3, 0.4) is 0 Å². The van der Waals surface area contributed by atoms with E-state index in [9.17, 15) is 27.6 Å². The average molecular weight is 585 g/mol. The Bertz CT molecular complexity index is 1500. The highest BCUT2D eigenvalue weighted by Gasteiger charge is 2.60. The van der Waals surface area contributed by atoms with Gasteiger partial charge in [-0.15, -0.1) is 0 Å². The van der Waals surface area contributed by atoms with E-state index >= 15 is 0 Å². The maximum Gasteiger partial charge on any atom is 0.449 e. The van der Waals surface area contributed by atoms with E-state index in [1.807, 2.05) is 5.32 Å². The standard InChI is InChI=1S/C32H39F3N4O3/c1-30(2)21-16-17-31(30,3)24(19-21)36-18-9-7-5-4-6-8-11-20-12-10-13-22-26(20)28(42)39(29(37-22)32(33,34)35)23-14-15-25(40)38-27(23)41/h10,12-13,21,23-24,36H,4-7,9,14-19H2,1-3H3,(H,38,40,41)/t21-,23+,24+,31+/m1/s1. The first-order chi connectivity index (χ1) is 19.8. The van der Waals surface area contributed by atoms with Crippen LogP contribution in [0.5, 0.6) is 0 Å². The molecular formula is C32H39F3N4O3. The van der Waals surface area contributed by atoms with Crippen molar-refractivity contribution in [1.82, 2.24) is 20.2 Å². The second-order valence-corrected chi connectivity index (χ2v) is 12.9.